The van der Waals surface area contributed by atoms with E-state index >= 15 is 0 Å². The first-order valence-electron chi connectivity index (χ1n) is 8.26. The molecular weight excluding hydrogens is 280 g/mol. The molecule has 128 valence electrons. The highest BCUT2D eigenvalue weighted by molar-refractivity contribution is 5.93. The van der Waals surface area contributed by atoms with Gasteiger partial charge in [0.1, 0.15) is 0 Å². The van der Waals surface area contributed by atoms with Gasteiger partial charge in [0.2, 0.25) is 11.8 Å². The van der Waals surface area contributed by atoms with Gasteiger partial charge in [-0.25, -0.2) is 0 Å². The number of carbonyl (C=O) groups excluding carboxylic acids is 3. The van der Waals surface area contributed by atoms with Crippen LogP contribution in [0.2, 0.25) is 0 Å². The van der Waals surface area contributed by atoms with E-state index in [1.807, 2.05) is 20.8 Å². The van der Waals surface area contributed by atoms with Crippen molar-refractivity contribution in [2.24, 2.45) is 11.1 Å². The maximum Gasteiger partial charge on any atom is 0.220 e. The fraction of sp³-hybridized carbons (Fsp3) is 0.824. The van der Waals surface area contributed by atoms with Crippen LogP contribution >= 0.6 is 0 Å². The molecule has 0 fully saturated rings. The molecule has 1 atom stereocenters. The molecule has 0 unspecified atom stereocenters. The number of hydrogen-bond donors (Lipinski definition) is 2. The second-order valence-electron chi connectivity index (χ2n) is 7.16. The second kappa shape index (κ2) is 10.4. The van der Waals surface area contributed by atoms with Gasteiger partial charge in [-0.3, -0.25) is 14.4 Å². The lowest BCUT2D eigenvalue weighted by atomic mass is 9.87. The summed E-state index contributed by atoms with van der Waals surface area (Å²) >= 11 is 0. The molecule has 0 saturated carbocycles. The predicted molar refractivity (Wildman–Crippen MR) is 88.2 cm³/mol. The standard InChI is InChI=1S/C17H32N2O3/c1-5-6-7-8-9-10-16(22)19-13(11-15(18)21)14(20)12-17(2,3)4/h13H,5-12H2,1-4H3,(H2,18,21)(H,19,22)/t13-/m1/s1. The first kappa shape index (κ1) is 20.6. The van der Waals surface area contributed by atoms with E-state index < -0.39 is 11.9 Å². The normalized spacial score (nSPS) is 12.7. The molecule has 0 spiro atoms. The quantitative estimate of drug-likeness (QED) is 0.575. The number of unbranched alkanes of at least 4 members (excludes halogenated alkanes) is 4. The highest BCUT2D eigenvalue weighted by Gasteiger charge is 2.26. The van der Waals surface area contributed by atoms with Gasteiger partial charge in [0.15, 0.2) is 5.78 Å². The van der Waals surface area contributed by atoms with Crippen LogP contribution in [0.15, 0.2) is 0 Å². The molecule has 0 saturated heterocycles. The maximum absolute atomic E-state index is 12.2. The first-order valence-corrected chi connectivity index (χ1v) is 8.26. The number of ketones is 1. The molecule has 0 rings (SSSR count). The van der Waals surface area contributed by atoms with Crippen molar-refractivity contribution in [3.8, 4) is 0 Å². The molecular formula is C17H32N2O3. The van der Waals surface area contributed by atoms with Gasteiger partial charge in [-0.2, -0.15) is 0 Å². The summed E-state index contributed by atoms with van der Waals surface area (Å²) in [5.74, 6) is -0.883. The molecule has 0 aromatic carbocycles. The number of Topliss-reactive ketones (excluding diaryl/α,β-unsaturated/α-hetero) is 1. The zero-order valence-corrected chi connectivity index (χ0v) is 14.5. The molecule has 0 aliphatic rings. The highest BCUT2D eigenvalue weighted by atomic mass is 16.2. The van der Waals surface area contributed by atoms with Gasteiger partial charge >= 0.3 is 0 Å². The fourth-order valence-electron chi connectivity index (χ4n) is 2.25. The molecule has 2 amide bonds. The van der Waals surface area contributed by atoms with Crippen molar-refractivity contribution in [2.45, 2.75) is 85.1 Å². The topological polar surface area (TPSA) is 89.3 Å². The lowest BCUT2D eigenvalue weighted by Crippen LogP contribution is -2.44. The van der Waals surface area contributed by atoms with Crippen LogP contribution in [0, 0.1) is 5.41 Å². The predicted octanol–water partition coefficient (Wildman–Crippen LogP) is 2.71. The summed E-state index contributed by atoms with van der Waals surface area (Å²) in [6, 6.07) is -0.792. The molecule has 22 heavy (non-hydrogen) atoms. The van der Waals surface area contributed by atoms with Crippen molar-refractivity contribution in [1.82, 2.24) is 5.32 Å². The fourth-order valence-corrected chi connectivity index (χ4v) is 2.25. The van der Waals surface area contributed by atoms with E-state index in [1.54, 1.807) is 0 Å². The Balaban J connectivity index is 4.36. The van der Waals surface area contributed by atoms with Crippen LogP contribution in [-0.4, -0.2) is 23.6 Å². The van der Waals surface area contributed by atoms with Gasteiger partial charge in [-0.1, -0.05) is 53.4 Å². The van der Waals surface area contributed by atoms with Crippen molar-refractivity contribution in [1.29, 1.82) is 0 Å². The highest BCUT2D eigenvalue weighted by Crippen LogP contribution is 2.20. The Kier molecular flexibility index (Phi) is 9.70. The largest absolute Gasteiger partial charge is 0.370 e. The summed E-state index contributed by atoms with van der Waals surface area (Å²) in [5, 5.41) is 2.67. The number of carbonyl (C=O) groups is 3. The number of nitrogens with two attached hydrogens (primary N) is 1. The average Bonchev–Trinajstić information content (AvgIpc) is 2.35. The molecule has 5 heteroatoms. The first-order chi connectivity index (χ1) is 10.2. The third-order valence-corrected chi connectivity index (χ3v) is 3.34. The van der Waals surface area contributed by atoms with Crippen molar-refractivity contribution < 1.29 is 14.4 Å². The number of rotatable bonds is 11. The summed E-state index contributed by atoms with van der Waals surface area (Å²) in [6.07, 6.45) is 5.85. The van der Waals surface area contributed by atoms with Gasteiger partial charge in [0, 0.05) is 12.8 Å². The summed E-state index contributed by atoms with van der Waals surface area (Å²) < 4.78 is 0. The molecule has 5 nitrogen and oxygen atoms in total. The van der Waals surface area contributed by atoms with Crippen LogP contribution in [0.1, 0.15) is 79.1 Å². The van der Waals surface area contributed by atoms with E-state index in [-0.39, 0.29) is 23.5 Å². The van der Waals surface area contributed by atoms with Crippen LogP contribution in [0.3, 0.4) is 0 Å². The van der Waals surface area contributed by atoms with E-state index in [1.165, 1.54) is 6.42 Å². The average molecular weight is 312 g/mol. The summed E-state index contributed by atoms with van der Waals surface area (Å²) in [4.78, 5) is 35.3. The lowest BCUT2D eigenvalue weighted by Gasteiger charge is -2.22. The monoisotopic (exact) mass is 312 g/mol. The molecule has 0 aliphatic heterocycles. The van der Waals surface area contributed by atoms with Gasteiger partial charge in [-0.15, -0.1) is 0 Å². The van der Waals surface area contributed by atoms with Crippen molar-refractivity contribution in [3.05, 3.63) is 0 Å². The van der Waals surface area contributed by atoms with E-state index in [0.29, 0.717) is 12.8 Å². The minimum absolute atomic E-state index is 0.128. The van der Waals surface area contributed by atoms with Crippen molar-refractivity contribution in [3.63, 3.8) is 0 Å². The zero-order chi connectivity index (χ0) is 17.2. The summed E-state index contributed by atoms with van der Waals surface area (Å²) in [5.41, 5.74) is 5.00. The van der Waals surface area contributed by atoms with E-state index in [2.05, 4.69) is 12.2 Å². The number of primary amides is 1. The molecule has 3 N–H and O–H groups in total. The van der Waals surface area contributed by atoms with Crippen LogP contribution < -0.4 is 11.1 Å². The van der Waals surface area contributed by atoms with Gasteiger partial charge in [0.25, 0.3) is 0 Å². The molecule has 0 aliphatic carbocycles. The van der Waals surface area contributed by atoms with Crippen LogP contribution in [0.25, 0.3) is 0 Å². The Morgan fingerprint density at radius 2 is 1.64 bits per heavy atom. The molecule has 0 aromatic rings. The minimum Gasteiger partial charge on any atom is -0.370 e. The van der Waals surface area contributed by atoms with Gasteiger partial charge in [-0.05, 0) is 11.8 Å². The van der Waals surface area contributed by atoms with Crippen molar-refractivity contribution >= 4 is 17.6 Å². The smallest absolute Gasteiger partial charge is 0.220 e. The molecule has 0 aromatic heterocycles. The van der Waals surface area contributed by atoms with Crippen LogP contribution in [-0.2, 0) is 14.4 Å². The van der Waals surface area contributed by atoms with Crippen LogP contribution in [0.4, 0.5) is 0 Å². The molecule has 0 bridgehead atoms. The van der Waals surface area contributed by atoms with E-state index in [0.717, 1.165) is 25.7 Å². The Morgan fingerprint density at radius 3 is 2.14 bits per heavy atom. The minimum atomic E-state index is -0.792. The van der Waals surface area contributed by atoms with Gasteiger partial charge < -0.3 is 11.1 Å². The Labute approximate surface area is 134 Å². The number of hydrogen-bond acceptors (Lipinski definition) is 3. The van der Waals surface area contributed by atoms with Gasteiger partial charge in [0.05, 0.1) is 12.5 Å². The van der Waals surface area contributed by atoms with Crippen molar-refractivity contribution in [2.75, 3.05) is 0 Å². The third-order valence-electron chi connectivity index (χ3n) is 3.34. The summed E-state index contributed by atoms with van der Waals surface area (Å²) in [7, 11) is 0. The Hall–Kier alpha value is -1.39. The number of amides is 2. The van der Waals surface area contributed by atoms with E-state index in [9.17, 15) is 14.4 Å². The SMILES string of the molecule is CCCCCCCC(=O)N[C@H](CC(N)=O)C(=O)CC(C)(C)C. The maximum atomic E-state index is 12.2. The number of nitrogens with one attached hydrogen (secondary N) is 1. The summed E-state index contributed by atoms with van der Waals surface area (Å²) in [6.45, 7) is 7.98. The third kappa shape index (κ3) is 11.3. The second-order valence-corrected chi connectivity index (χ2v) is 7.16. The Bertz CT molecular complexity index is 373. The lowest BCUT2D eigenvalue weighted by molar-refractivity contribution is -0.131. The van der Waals surface area contributed by atoms with Crippen LogP contribution in [0.5, 0.6) is 0 Å². The zero-order valence-electron chi connectivity index (χ0n) is 14.5. The Morgan fingerprint density at radius 1 is 1.05 bits per heavy atom. The molecule has 0 radical (unpaired) electrons. The van der Waals surface area contributed by atoms with E-state index in [4.69, 9.17) is 5.73 Å². The molecule has 0 heterocycles.